The van der Waals surface area contributed by atoms with E-state index < -0.39 is 11.9 Å². The molecule has 0 saturated heterocycles. The van der Waals surface area contributed by atoms with Gasteiger partial charge in [-0.25, -0.2) is 4.79 Å². The maximum Gasteiger partial charge on any atom is 0.341 e. The van der Waals surface area contributed by atoms with Gasteiger partial charge in [0.2, 0.25) is 5.75 Å². The number of ether oxygens (including phenoxy) is 5. The number of thiophene rings is 1. The summed E-state index contributed by atoms with van der Waals surface area (Å²) < 4.78 is 27.4. The number of anilines is 1. The molecule has 3 rings (SSSR count). The van der Waals surface area contributed by atoms with Crippen LogP contribution >= 0.6 is 11.3 Å². The standard InChI is InChI=1S/C26H29NO7S/c1-6-32-20-13-17(14-21(33-7-2)23(20)34-8-3)24(28)27-25-22(26(29)31-5)19(15-35-25)16-9-11-18(30-4)12-10-16/h9-15H,6-8H2,1-5H3,(H,27,28). The number of rotatable bonds is 11. The van der Waals surface area contributed by atoms with Crippen molar-refractivity contribution in [1.29, 1.82) is 0 Å². The number of hydrogen-bond donors (Lipinski definition) is 1. The minimum atomic E-state index is -0.552. The molecule has 35 heavy (non-hydrogen) atoms. The lowest BCUT2D eigenvalue weighted by atomic mass is 10.0. The molecule has 2 aromatic carbocycles. The van der Waals surface area contributed by atoms with Gasteiger partial charge in [0.1, 0.15) is 16.3 Å². The van der Waals surface area contributed by atoms with E-state index in [1.807, 2.05) is 32.9 Å². The molecule has 0 saturated carbocycles. The summed E-state index contributed by atoms with van der Waals surface area (Å²) >= 11 is 1.24. The Hall–Kier alpha value is -3.72. The number of carbonyl (C=O) groups is 2. The minimum absolute atomic E-state index is 0.275. The Kier molecular flexibility index (Phi) is 8.97. The molecule has 8 nitrogen and oxygen atoms in total. The quantitative estimate of drug-likeness (QED) is 0.340. The lowest BCUT2D eigenvalue weighted by Gasteiger charge is -2.17. The summed E-state index contributed by atoms with van der Waals surface area (Å²) in [5, 5.41) is 5.02. The molecule has 0 aliphatic rings. The predicted octanol–water partition coefficient (Wildman–Crippen LogP) is 5.66. The lowest BCUT2D eigenvalue weighted by molar-refractivity contribution is 0.0603. The molecule has 0 atom stereocenters. The summed E-state index contributed by atoms with van der Waals surface area (Å²) in [7, 11) is 2.89. The fourth-order valence-electron chi connectivity index (χ4n) is 3.43. The lowest BCUT2D eigenvalue weighted by Crippen LogP contribution is -2.15. The second kappa shape index (κ2) is 12.1. The van der Waals surface area contributed by atoms with Crippen molar-refractivity contribution in [3.8, 4) is 34.1 Å². The van der Waals surface area contributed by atoms with Crippen molar-refractivity contribution in [1.82, 2.24) is 0 Å². The number of nitrogens with one attached hydrogen (secondary N) is 1. The Balaban J connectivity index is 2.00. The zero-order valence-electron chi connectivity index (χ0n) is 20.4. The SMILES string of the molecule is CCOc1cc(C(=O)Nc2scc(-c3ccc(OC)cc3)c2C(=O)OC)cc(OCC)c1OCC. The number of carbonyl (C=O) groups excluding carboxylic acids is 2. The molecule has 0 spiro atoms. The van der Waals surface area contributed by atoms with Crippen LogP contribution in [-0.4, -0.2) is 45.9 Å². The van der Waals surface area contributed by atoms with Gasteiger partial charge >= 0.3 is 5.97 Å². The van der Waals surface area contributed by atoms with Crippen LogP contribution in [0.3, 0.4) is 0 Å². The van der Waals surface area contributed by atoms with E-state index in [1.165, 1.54) is 18.4 Å². The molecule has 0 bridgehead atoms. The Morgan fingerprint density at radius 2 is 1.49 bits per heavy atom. The van der Waals surface area contributed by atoms with Crippen LogP contribution in [0.15, 0.2) is 41.8 Å². The smallest absolute Gasteiger partial charge is 0.341 e. The van der Waals surface area contributed by atoms with Crippen molar-refractivity contribution < 1.29 is 33.3 Å². The topological polar surface area (TPSA) is 92.3 Å². The van der Waals surface area contributed by atoms with Gasteiger partial charge in [-0.3, -0.25) is 4.79 Å². The van der Waals surface area contributed by atoms with Gasteiger partial charge in [0.15, 0.2) is 11.5 Å². The average molecular weight is 500 g/mol. The van der Waals surface area contributed by atoms with Crippen LogP contribution in [0, 0.1) is 0 Å². The molecule has 1 amide bonds. The number of hydrogen-bond acceptors (Lipinski definition) is 8. The second-order valence-corrected chi connectivity index (χ2v) is 8.01. The van der Waals surface area contributed by atoms with E-state index >= 15 is 0 Å². The largest absolute Gasteiger partial charge is 0.497 e. The van der Waals surface area contributed by atoms with Crippen molar-refractivity contribution >= 4 is 28.2 Å². The Bertz CT molecular complexity index is 1140. The van der Waals surface area contributed by atoms with Crippen molar-refractivity contribution in [2.24, 2.45) is 0 Å². The molecular formula is C26H29NO7S. The highest BCUT2D eigenvalue weighted by molar-refractivity contribution is 7.15. The van der Waals surface area contributed by atoms with Gasteiger partial charge in [-0.15, -0.1) is 11.3 Å². The second-order valence-electron chi connectivity index (χ2n) is 7.13. The van der Waals surface area contributed by atoms with Crippen LogP contribution in [0.1, 0.15) is 41.5 Å². The third-order valence-corrected chi connectivity index (χ3v) is 5.88. The van der Waals surface area contributed by atoms with Gasteiger partial charge in [0.05, 0.1) is 34.0 Å². The van der Waals surface area contributed by atoms with E-state index in [1.54, 1.807) is 36.8 Å². The summed E-state index contributed by atoms with van der Waals surface area (Å²) in [5.74, 6) is 0.976. The first kappa shape index (κ1) is 25.9. The summed E-state index contributed by atoms with van der Waals surface area (Å²) in [6, 6.07) is 10.5. The maximum atomic E-state index is 13.3. The van der Waals surface area contributed by atoms with E-state index in [9.17, 15) is 9.59 Å². The third kappa shape index (κ3) is 5.86. The molecule has 0 unspecified atom stereocenters. The molecule has 3 aromatic rings. The first-order valence-corrected chi connectivity index (χ1v) is 12.1. The first-order valence-electron chi connectivity index (χ1n) is 11.2. The van der Waals surface area contributed by atoms with Crippen molar-refractivity contribution in [3.05, 3.63) is 52.9 Å². The fourth-order valence-corrected chi connectivity index (χ4v) is 4.39. The summed E-state index contributed by atoms with van der Waals surface area (Å²) in [4.78, 5) is 25.9. The highest BCUT2D eigenvalue weighted by Crippen LogP contribution is 2.40. The number of amides is 1. The van der Waals surface area contributed by atoms with E-state index in [0.717, 1.165) is 5.56 Å². The molecule has 0 aliphatic heterocycles. The van der Waals surface area contributed by atoms with Crippen LogP contribution in [0.4, 0.5) is 5.00 Å². The van der Waals surface area contributed by atoms with Gasteiger partial charge in [0, 0.05) is 16.5 Å². The summed E-state index contributed by atoms with van der Waals surface area (Å²) in [6.45, 7) is 6.74. The monoisotopic (exact) mass is 499 g/mol. The van der Waals surface area contributed by atoms with Gasteiger partial charge in [0.25, 0.3) is 5.91 Å². The fraction of sp³-hybridized carbons (Fsp3) is 0.308. The number of methoxy groups -OCH3 is 2. The highest BCUT2D eigenvalue weighted by atomic mass is 32.1. The zero-order chi connectivity index (χ0) is 25.4. The maximum absolute atomic E-state index is 13.3. The van der Waals surface area contributed by atoms with E-state index in [0.29, 0.717) is 58.9 Å². The zero-order valence-corrected chi connectivity index (χ0v) is 21.2. The van der Waals surface area contributed by atoms with Crippen molar-refractivity contribution in [2.75, 3.05) is 39.4 Å². The number of esters is 1. The molecule has 0 fully saturated rings. The Morgan fingerprint density at radius 3 is 2.00 bits per heavy atom. The number of benzene rings is 2. The Labute approximate surface area is 208 Å². The first-order chi connectivity index (χ1) is 17.0. The predicted molar refractivity (Wildman–Crippen MR) is 136 cm³/mol. The van der Waals surface area contributed by atoms with Crippen LogP contribution in [-0.2, 0) is 4.74 Å². The molecule has 186 valence electrons. The van der Waals surface area contributed by atoms with Gasteiger partial charge < -0.3 is 29.0 Å². The van der Waals surface area contributed by atoms with E-state index in [2.05, 4.69) is 5.32 Å². The van der Waals surface area contributed by atoms with Crippen LogP contribution < -0.4 is 24.3 Å². The Morgan fingerprint density at radius 1 is 0.886 bits per heavy atom. The van der Waals surface area contributed by atoms with Crippen LogP contribution in [0.25, 0.3) is 11.1 Å². The summed E-state index contributed by atoms with van der Waals surface area (Å²) in [6.07, 6.45) is 0. The average Bonchev–Trinajstić information content (AvgIpc) is 3.29. The van der Waals surface area contributed by atoms with Gasteiger partial charge in [-0.2, -0.15) is 0 Å². The normalized spacial score (nSPS) is 10.4. The van der Waals surface area contributed by atoms with Crippen molar-refractivity contribution in [2.45, 2.75) is 20.8 Å². The van der Waals surface area contributed by atoms with E-state index in [-0.39, 0.29) is 5.56 Å². The van der Waals surface area contributed by atoms with Gasteiger partial charge in [-0.05, 0) is 50.6 Å². The molecule has 9 heteroatoms. The summed E-state index contributed by atoms with van der Waals surface area (Å²) in [5.41, 5.74) is 2.02. The highest BCUT2D eigenvalue weighted by Gasteiger charge is 2.24. The van der Waals surface area contributed by atoms with Crippen LogP contribution in [0.5, 0.6) is 23.0 Å². The molecule has 0 radical (unpaired) electrons. The molecule has 1 heterocycles. The molecule has 0 aliphatic carbocycles. The minimum Gasteiger partial charge on any atom is -0.497 e. The molecular weight excluding hydrogens is 470 g/mol. The third-order valence-electron chi connectivity index (χ3n) is 4.98. The van der Waals surface area contributed by atoms with Crippen LogP contribution in [0.2, 0.25) is 0 Å². The van der Waals surface area contributed by atoms with Crippen molar-refractivity contribution in [3.63, 3.8) is 0 Å². The van der Waals surface area contributed by atoms with Gasteiger partial charge in [-0.1, -0.05) is 12.1 Å². The molecule has 1 N–H and O–H groups in total. The molecule has 1 aromatic heterocycles. The van der Waals surface area contributed by atoms with E-state index in [4.69, 9.17) is 23.7 Å².